The quantitative estimate of drug-likeness (QED) is 0.922. The molecule has 0 amide bonds. The summed E-state index contributed by atoms with van der Waals surface area (Å²) in [5, 5.41) is 3.51. The molecule has 0 aliphatic carbocycles. The largest absolute Gasteiger partial charge is 0.362 e. The van der Waals surface area contributed by atoms with Crippen molar-refractivity contribution in [3.05, 3.63) is 40.3 Å². The van der Waals surface area contributed by atoms with E-state index in [0.29, 0.717) is 17.5 Å². The summed E-state index contributed by atoms with van der Waals surface area (Å²) in [4.78, 5) is 16.9. The fourth-order valence-corrected chi connectivity index (χ4v) is 1.70. The summed E-state index contributed by atoms with van der Waals surface area (Å²) in [5.41, 5.74) is 2.59. The van der Waals surface area contributed by atoms with E-state index in [0.717, 1.165) is 22.9 Å². The Balaban J connectivity index is 2.13. The van der Waals surface area contributed by atoms with Crippen LogP contribution in [0.5, 0.6) is 0 Å². The summed E-state index contributed by atoms with van der Waals surface area (Å²) in [5.74, 6) is 1.32. The van der Waals surface area contributed by atoms with Crippen LogP contribution in [0.3, 0.4) is 0 Å². The molecule has 0 bridgehead atoms. The van der Waals surface area contributed by atoms with E-state index in [2.05, 4.69) is 25.3 Å². The van der Waals surface area contributed by atoms with Crippen LogP contribution in [-0.2, 0) is 6.54 Å². The van der Waals surface area contributed by atoms with Gasteiger partial charge in [-0.25, -0.2) is 19.9 Å². The van der Waals surface area contributed by atoms with Crippen LogP contribution < -0.4 is 5.32 Å². The van der Waals surface area contributed by atoms with Gasteiger partial charge in [0.25, 0.3) is 0 Å². The summed E-state index contributed by atoms with van der Waals surface area (Å²) in [6, 6.07) is 1.85. The summed E-state index contributed by atoms with van der Waals surface area (Å²) < 4.78 is 0. The number of hydrogen-bond acceptors (Lipinski definition) is 5. The Morgan fingerprint density at radius 1 is 1.11 bits per heavy atom. The second-order valence-corrected chi connectivity index (χ2v) is 4.34. The molecule has 6 heteroatoms. The third-order valence-corrected chi connectivity index (χ3v) is 2.80. The van der Waals surface area contributed by atoms with Crippen LogP contribution in [0.4, 0.5) is 5.82 Å². The lowest BCUT2D eigenvalue weighted by Crippen LogP contribution is -2.07. The first-order valence-electron chi connectivity index (χ1n) is 5.59. The van der Waals surface area contributed by atoms with Crippen molar-refractivity contribution >= 4 is 17.4 Å². The minimum atomic E-state index is 0.379. The number of rotatable bonds is 3. The zero-order valence-electron chi connectivity index (χ0n) is 10.5. The van der Waals surface area contributed by atoms with Gasteiger partial charge < -0.3 is 5.32 Å². The SMILES string of the molecule is Cc1nccc(CNc2nc(C)c(C)nc2Cl)n1. The summed E-state index contributed by atoms with van der Waals surface area (Å²) in [6.45, 7) is 6.18. The molecule has 18 heavy (non-hydrogen) atoms. The smallest absolute Gasteiger partial charge is 0.171 e. The fourth-order valence-electron chi connectivity index (χ4n) is 1.47. The number of halogens is 1. The normalized spacial score (nSPS) is 10.4. The van der Waals surface area contributed by atoms with Gasteiger partial charge in [-0.1, -0.05) is 11.6 Å². The predicted octanol–water partition coefficient (Wildman–Crippen LogP) is 2.46. The highest BCUT2D eigenvalue weighted by atomic mass is 35.5. The van der Waals surface area contributed by atoms with Crippen molar-refractivity contribution in [3.63, 3.8) is 0 Å². The molecule has 0 radical (unpaired) electrons. The molecule has 0 unspecified atom stereocenters. The number of anilines is 1. The van der Waals surface area contributed by atoms with Crippen LogP contribution in [0.25, 0.3) is 0 Å². The van der Waals surface area contributed by atoms with Crippen molar-refractivity contribution in [2.45, 2.75) is 27.3 Å². The molecule has 0 saturated heterocycles. The molecule has 2 aromatic heterocycles. The lowest BCUT2D eigenvalue weighted by Gasteiger charge is -2.09. The van der Waals surface area contributed by atoms with Crippen molar-refractivity contribution in [1.82, 2.24) is 19.9 Å². The van der Waals surface area contributed by atoms with Crippen LogP contribution in [-0.4, -0.2) is 19.9 Å². The van der Waals surface area contributed by atoms with Crippen molar-refractivity contribution < 1.29 is 0 Å². The van der Waals surface area contributed by atoms with Crippen LogP contribution in [0.2, 0.25) is 5.15 Å². The molecule has 0 aromatic carbocycles. The lowest BCUT2D eigenvalue weighted by molar-refractivity contribution is 0.941. The molecule has 1 N–H and O–H groups in total. The summed E-state index contributed by atoms with van der Waals surface area (Å²) in [6.07, 6.45) is 1.73. The highest BCUT2D eigenvalue weighted by Gasteiger charge is 2.07. The first-order valence-corrected chi connectivity index (χ1v) is 5.97. The first-order chi connectivity index (χ1) is 8.56. The number of hydrogen-bond donors (Lipinski definition) is 1. The van der Waals surface area contributed by atoms with Gasteiger partial charge in [-0.3, -0.25) is 0 Å². The molecule has 0 fully saturated rings. The number of nitrogens with zero attached hydrogens (tertiary/aromatic N) is 4. The standard InChI is InChI=1S/C12H14ClN5/c1-7-8(2)17-12(11(13)16-7)15-6-10-4-5-14-9(3)18-10/h4-5H,6H2,1-3H3,(H,15,17). The Labute approximate surface area is 111 Å². The highest BCUT2D eigenvalue weighted by molar-refractivity contribution is 6.31. The van der Waals surface area contributed by atoms with Gasteiger partial charge >= 0.3 is 0 Å². The van der Waals surface area contributed by atoms with Gasteiger partial charge in [0.15, 0.2) is 11.0 Å². The lowest BCUT2D eigenvalue weighted by atomic mass is 10.3. The molecule has 94 valence electrons. The topological polar surface area (TPSA) is 63.6 Å². The fraction of sp³-hybridized carbons (Fsp3) is 0.333. The zero-order chi connectivity index (χ0) is 13.1. The Bertz CT molecular complexity index is 570. The predicted molar refractivity (Wildman–Crippen MR) is 70.6 cm³/mol. The van der Waals surface area contributed by atoms with Crippen molar-refractivity contribution in [1.29, 1.82) is 0 Å². The summed E-state index contributed by atoms with van der Waals surface area (Å²) in [7, 11) is 0. The molecular weight excluding hydrogens is 250 g/mol. The number of aryl methyl sites for hydroxylation is 3. The third-order valence-electron chi connectivity index (χ3n) is 2.54. The van der Waals surface area contributed by atoms with Crippen molar-refractivity contribution in [2.24, 2.45) is 0 Å². The Kier molecular flexibility index (Phi) is 3.72. The highest BCUT2D eigenvalue weighted by Crippen LogP contribution is 2.18. The minimum Gasteiger partial charge on any atom is -0.362 e. The molecule has 0 aliphatic heterocycles. The first kappa shape index (κ1) is 12.7. The van der Waals surface area contributed by atoms with E-state index >= 15 is 0 Å². The molecule has 0 aliphatic rings. The van der Waals surface area contributed by atoms with E-state index in [1.807, 2.05) is 26.8 Å². The minimum absolute atomic E-state index is 0.379. The average molecular weight is 264 g/mol. The molecular formula is C12H14ClN5. The van der Waals surface area contributed by atoms with Crippen LogP contribution in [0.15, 0.2) is 12.3 Å². The van der Waals surface area contributed by atoms with E-state index < -0.39 is 0 Å². The zero-order valence-corrected chi connectivity index (χ0v) is 11.3. The maximum Gasteiger partial charge on any atom is 0.171 e. The molecule has 0 saturated carbocycles. The van der Waals surface area contributed by atoms with Gasteiger partial charge in [0.1, 0.15) is 5.82 Å². The number of nitrogens with one attached hydrogen (secondary N) is 1. The van der Waals surface area contributed by atoms with Gasteiger partial charge in [-0.15, -0.1) is 0 Å². The van der Waals surface area contributed by atoms with Crippen LogP contribution in [0.1, 0.15) is 22.9 Å². The molecule has 2 heterocycles. The van der Waals surface area contributed by atoms with Crippen LogP contribution >= 0.6 is 11.6 Å². The molecule has 5 nitrogen and oxygen atoms in total. The third kappa shape index (κ3) is 2.92. The molecule has 2 aromatic rings. The average Bonchev–Trinajstić information content (AvgIpc) is 2.32. The van der Waals surface area contributed by atoms with E-state index in [4.69, 9.17) is 11.6 Å². The Morgan fingerprint density at radius 3 is 2.56 bits per heavy atom. The maximum absolute atomic E-state index is 6.03. The van der Waals surface area contributed by atoms with E-state index in [1.165, 1.54) is 0 Å². The Morgan fingerprint density at radius 2 is 1.83 bits per heavy atom. The number of aromatic nitrogens is 4. The van der Waals surface area contributed by atoms with Crippen LogP contribution in [0, 0.1) is 20.8 Å². The van der Waals surface area contributed by atoms with Crippen molar-refractivity contribution in [3.8, 4) is 0 Å². The van der Waals surface area contributed by atoms with Gasteiger partial charge in [0, 0.05) is 6.20 Å². The molecule has 0 atom stereocenters. The molecule has 0 spiro atoms. The van der Waals surface area contributed by atoms with Gasteiger partial charge in [-0.2, -0.15) is 0 Å². The molecule has 2 rings (SSSR count). The maximum atomic E-state index is 6.03. The van der Waals surface area contributed by atoms with E-state index in [-0.39, 0.29) is 0 Å². The second kappa shape index (κ2) is 5.27. The monoisotopic (exact) mass is 263 g/mol. The van der Waals surface area contributed by atoms with Gasteiger partial charge in [-0.05, 0) is 26.8 Å². The Hall–Kier alpha value is -1.75. The van der Waals surface area contributed by atoms with Gasteiger partial charge in [0.2, 0.25) is 0 Å². The second-order valence-electron chi connectivity index (χ2n) is 3.98. The summed E-state index contributed by atoms with van der Waals surface area (Å²) >= 11 is 6.03. The van der Waals surface area contributed by atoms with Gasteiger partial charge in [0.05, 0.1) is 23.6 Å². The van der Waals surface area contributed by atoms with E-state index in [1.54, 1.807) is 6.20 Å². The van der Waals surface area contributed by atoms with E-state index in [9.17, 15) is 0 Å². The van der Waals surface area contributed by atoms with Crippen molar-refractivity contribution in [2.75, 3.05) is 5.32 Å².